The van der Waals surface area contributed by atoms with E-state index in [1.54, 1.807) is 13.8 Å². The summed E-state index contributed by atoms with van der Waals surface area (Å²) < 4.78 is 61.3. The van der Waals surface area contributed by atoms with Crippen molar-refractivity contribution in [1.29, 1.82) is 0 Å². The first-order valence-corrected chi connectivity index (χ1v) is 6.47. The second kappa shape index (κ2) is 5.98. The van der Waals surface area contributed by atoms with Crippen LogP contribution in [0.5, 0.6) is 0 Å². The molecule has 4 N–H and O–H groups in total. The van der Waals surface area contributed by atoms with Gasteiger partial charge in [0, 0.05) is 6.54 Å². The van der Waals surface area contributed by atoms with E-state index in [2.05, 4.69) is 4.72 Å². The van der Waals surface area contributed by atoms with Crippen LogP contribution in [0.2, 0.25) is 0 Å². The SMILES string of the molecule is CC(C)(CCN)CNS(=O)(=O)NCC(F)(F)F. The van der Waals surface area contributed by atoms with Crippen molar-refractivity contribution in [2.75, 3.05) is 19.6 Å². The number of rotatable bonds is 7. The van der Waals surface area contributed by atoms with Crippen LogP contribution in [0.1, 0.15) is 20.3 Å². The van der Waals surface area contributed by atoms with Crippen molar-refractivity contribution in [2.45, 2.75) is 26.4 Å². The maximum Gasteiger partial charge on any atom is 0.402 e. The van der Waals surface area contributed by atoms with Gasteiger partial charge in [0.05, 0.1) is 0 Å². The standard InChI is InChI=1S/C8H18F3N3O2S/c1-7(2,3-4-12)5-13-17(15,16)14-6-8(9,10)11/h13-14H,3-6,12H2,1-2H3. The van der Waals surface area contributed by atoms with E-state index >= 15 is 0 Å². The van der Waals surface area contributed by atoms with Crippen LogP contribution in [-0.4, -0.2) is 34.2 Å². The largest absolute Gasteiger partial charge is 0.402 e. The number of nitrogens with one attached hydrogen (secondary N) is 2. The van der Waals surface area contributed by atoms with Crippen molar-refractivity contribution in [3.8, 4) is 0 Å². The Balaban J connectivity index is 4.19. The zero-order valence-corrected chi connectivity index (χ0v) is 10.6. The Hall–Kier alpha value is -0.380. The van der Waals surface area contributed by atoms with Crippen LogP contribution in [0.15, 0.2) is 0 Å². The van der Waals surface area contributed by atoms with Crippen molar-refractivity contribution < 1.29 is 21.6 Å². The van der Waals surface area contributed by atoms with Crippen LogP contribution < -0.4 is 15.2 Å². The number of hydrogen-bond donors (Lipinski definition) is 3. The van der Waals surface area contributed by atoms with E-state index in [9.17, 15) is 21.6 Å². The van der Waals surface area contributed by atoms with E-state index < -0.39 is 28.3 Å². The molecule has 104 valence electrons. The fraction of sp³-hybridized carbons (Fsp3) is 1.00. The van der Waals surface area contributed by atoms with Gasteiger partial charge in [-0.15, -0.1) is 0 Å². The molecule has 9 heteroatoms. The molecule has 0 saturated heterocycles. The molecule has 0 amide bonds. The first kappa shape index (κ1) is 16.6. The van der Waals surface area contributed by atoms with Gasteiger partial charge in [-0.1, -0.05) is 13.8 Å². The average Bonchev–Trinajstić information content (AvgIpc) is 2.12. The lowest BCUT2D eigenvalue weighted by Gasteiger charge is -2.24. The van der Waals surface area contributed by atoms with Gasteiger partial charge in [-0.05, 0) is 18.4 Å². The Morgan fingerprint density at radius 2 is 1.59 bits per heavy atom. The van der Waals surface area contributed by atoms with Crippen molar-refractivity contribution in [3.05, 3.63) is 0 Å². The summed E-state index contributed by atoms with van der Waals surface area (Å²) in [5.41, 5.74) is 4.93. The number of alkyl halides is 3. The molecule has 0 aromatic heterocycles. The van der Waals surface area contributed by atoms with E-state index in [1.165, 1.54) is 4.72 Å². The predicted octanol–water partition coefficient (Wildman–Crippen LogP) is 0.348. The van der Waals surface area contributed by atoms with Crippen molar-refractivity contribution in [3.63, 3.8) is 0 Å². The quantitative estimate of drug-likeness (QED) is 0.627. The Labute approximate surface area is 99.1 Å². The van der Waals surface area contributed by atoms with Gasteiger partial charge in [-0.25, -0.2) is 4.72 Å². The predicted molar refractivity (Wildman–Crippen MR) is 58.4 cm³/mol. The van der Waals surface area contributed by atoms with Crippen LogP contribution in [-0.2, 0) is 10.2 Å². The molecule has 0 heterocycles. The average molecular weight is 277 g/mol. The second-order valence-electron chi connectivity index (χ2n) is 4.46. The first-order valence-electron chi connectivity index (χ1n) is 4.98. The molecule has 0 fully saturated rings. The van der Waals surface area contributed by atoms with E-state index in [0.717, 1.165) is 0 Å². The molecule has 0 bridgehead atoms. The smallest absolute Gasteiger partial charge is 0.330 e. The monoisotopic (exact) mass is 277 g/mol. The minimum Gasteiger partial charge on any atom is -0.330 e. The van der Waals surface area contributed by atoms with Crippen LogP contribution in [0.3, 0.4) is 0 Å². The van der Waals surface area contributed by atoms with Gasteiger partial charge in [-0.3, -0.25) is 0 Å². The summed E-state index contributed by atoms with van der Waals surface area (Å²) in [6.07, 6.45) is -4.00. The van der Waals surface area contributed by atoms with E-state index in [0.29, 0.717) is 13.0 Å². The summed E-state index contributed by atoms with van der Waals surface area (Å²) in [7, 11) is -4.13. The van der Waals surface area contributed by atoms with E-state index in [1.807, 2.05) is 0 Å². The highest BCUT2D eigenvalue weighted by Gasteiger charge is 2.30. The maximum absolute atomic E-state index is 11.8. The van der Waals surface area contributed by atoms with E-state index in [-0.39, 0.29) is 6.54 Å². The van der Waals surface area contributed by atoms with Crippen molar-refractivity contribution in [2.24, 2.45) is 11.1 Å². The molecule has 0 rings (SSSR count). The van der Waals surface area contributed by atoms with Crippen LogP contribution in [0.4, 0.5) is 13.2 Å². The van der Waals surface area contributed by atoms with Crippen LogP contribution in [0, 0.1) is 5.41 Å². The first-order chi connectivity index (χ1) is 7.47. The highest BCUT2D eigenvalue weighted by Crippen LogP contribution is 2.18. The highest BCUT2D eigenvalue weighted by atomic mass is 32.2. The van der Waals surface area contributed by atoms with E-state index in [4.69, 9.17) is 5.73 Å². The minimum atomic E-state index is -4.57. The molecule has 0 radical (unpaired) electrons. The summed E-state index contributed by atoms with van der Waals surface area (Å²) >= 11 is 0. The summed E-state index contributed by atoms with van der Waals surface area (Å²) in [4.78, 5) is 0. The van der Waals surface area contributed by atoms with Gasteiger partial charge in [0.2, 0.25) is 0 Å². The molecule has 0 atom stereocenters. The van der Waals surface area contributed by atoms with Gasteiger partial charge in [0.15, 0.2) is 0 Å². The third-order valence-corrected chi connectivity index (χ3v) is 3.07. The molecular weight excluding hydrogens is 259 g/mol. The van der Waals surface area contributed by atoms with Gasteiger partial charge in [0.1, 0.15) is 6.54 Å². The molecule has 17 heavy (non-hydrogen) atoms. The van der Waals surface area contributed by atoms with Crippen molar-refractivity contribution in [1.82, 2.24) is 9.44 Å². The Kier molecular flexibility index (Phi) is 5.85. The third kappa shape index (κ3) is 9.33. The van der Waals surface area contributed by atoms with Gasteiger partial charge < -0.3 is 5.73 Å². The number of halogens is 3. The molecule has 0 saturated carbocycles. The zero-order chi connectivity index (χ0) is 13.7. The summed E-state index contributed by atoms with van der Waals surface area (Å²) in [5.74, 6) is 0. The normalized spacial score (nSPS) is 14.0. The maximum atomic E-state index is 11.8. The van der Waals surface area contributed by atoms with Gasteiger partial charge >= 0.3 is 6.18 Å². The Morgan fingerprint density at radius 3 is 2.00 bits per heavy atom. The molecule has 5 nitrogen and oxygen atoms in total. The Bertz CT molecular complexity index is 327. The molecule has 0 aromatic rings. The zero-order valence-electron chi connectivity index (χ0n) is 9.76. The second-order valence-corrected chi connectivity index (χ2v) is 6.05. The fourth-order valence-electron chi connectivity index (χ4n) is 0.997. The summed E-state index contributed by atoms with van der Waals surface area (Å²) in [6.45, 7) is 2.36. The lowest BCUT2D eigenvalue weighted by Crippen LogP contribution is -2.44. The van der Waals surface area contributed by atoms with Gasteiger partial charge in [0.25, 0.3) is 10.2 Å². The molecule has 0 aliphatic carbocycles. The Morgan fingerprint density at radius 1 is 1.12 bits per heavy atom. The number of hydrogen-bond acceptors (Lipinski definition) is 3. The molecular formula is C8H18F3N3O2S. The molecule has 0 aliphatic rings. The third-order valence-electron chi connectivity index (χ3n) is 2.02. The van der Waals surface area contributed by atoms with Crippen LogP contribution >= 0.6 is 0 Å². The molecule has 0 aromatic carbocycles. The minimum absolute atomic E-state index is 0.0252. The lowest BCUT2D eigenvalue weighted by atomic mass is 9.90. The molecule has 0 spiro atoms. The summed E-state index contributed by atoms with van der Waals surface area (Å²) in [6, 6.07) is 0. The molecule has 0 aliphatic heterocycles. The van der Waals surface area contributed by atoms with Crippen LogP contribution in [0.25, 0.3) is 0 Å². The van der Waals surface area contributed by atoms with Crippen molar-refractivity contribution >= 4 is 10.2 Å². The number of nitrogens with two attached hydrogens (primary N) is 1. The summed E-state index contributed by atoms with van der Waals surface area (Å²) in [5, 5.41) is 0. The lowest BCUT2D eigenvalue weighted by molar-refractivity contribution is -0.121. The highest BCUT2D eigenvalue weighted by molar-refractivity contribution is 7.87. The molecule has 0 unspecified atom stereocenters. The fourth-order valence-corrected chi connectivity index (χ4v) is 2.03. The topological polar surface area (TPSA) is 84.2 Å². The van der Waals surface area contributed by atoms with Gasteiger partial charge in [-0.2, -0.15) is 26.3 Å².